The molecule has 0 aliphatic heterocycles. The lowest BCUT2D eigenvalue weighted by molar-refractivity contribution is -0.126. The molecule has 2 N–H and O–H groups in total. The van der Waals surface area contributed by atoms with Crippen LogP contribution in [0.15, 0.2) is 51.7 Å². The first-order valence-corrected chi connectivity index (χ1v) is 8.25. The summed E-state index contributed by atoms with van der Waals surface area (Å²) in [6.07, 6.45) is -0.992. The first kappa shape index (κ1) is 18.9. The molecule has 0 bridgehead atoms. The second kappa shape index (κ2) is 7.77. The number of carbonyl (C=O) groups is 1. The molecule has 3 rings (SSSR count). The quantitative estimate of drug-likeness (QED) is 0.652. The fourth-order valence-electron chi connectivity index (χ4n) is 2.64. The Labute approximate surface area is 158 Å². The van der Waals surface area contributed by atoms with E-state index in [0.717, 1.165) is 6.07 Å². The van der Waals surface area contributed by atoms with Gasteiger partial charge in [-0.3, -0.25) is 4.79 Å². The molecule has 1 heterocycles. The Morgan fingerprint density at radius 3 is 2.67 bits per heavy atom. The van der Waals surface area contributed by atoms with Gasteiger partial charge in [-0.2, -0.15) is 0 Å². The van der Waals surface area contributed by atoms with Gasteiger partial charge in [-0.05, 0) is 30.3 Å². The number of hydrogen-bond acceptors (Lipinski definition) is 5. The molecule has 0 radical (unpaired) electrons. The second-order valence-electron chi connectivity index (χ2n) is 5.73. The van der Waals surface area contributed by atoms with Crippen molar-refractivity contribution >= 4 is 28.5 Å². The molecule has 6 nitrogen and oxygen atoms in total. The van der Waals surface area contributed by atoms with Crippen molar-refractivity contribution < 1.29 is 23.1 Å². The Balaban J connectivity index is 2.08. The van der Waals surface area contributed by atoms with E-state index >= 15 is 0 Å². The molecule has 8 heteroatoms. The van der Waals surface area contributed by atoms with Crippen molar-refractivity contribution in [2.24, 2.45) is 5.73 Å². The molecule has 0 spiro atoms. The van der Waals surface area contributed by atoms with E-state index in [9.17, 15) is 14.0 Å². The van der Waals surface area contributed by atoms with Crippen molar-refractivity contribution in [2.45, 2.75) is 6.10 Å². The second-order valence-corrected chi connectivity index (χ2v) is 6.13. The van der Waals surface area contributed by atoms with E-state index in [4.69, 9.17) is 31.2 Å². The summed E-state index contributed by atoms with van der Waals surface area (Å²) < 4.78 is 29.0. The minimum atomic E-state index is -0.992. The summed E-state index contributed by atoms with van der Waals surface area (Å²) >= 11 is 6.12. The van der Waals surface area contributed by atoms with Gasteiger partial charge in [-0.15, -0.1) is 0 Å². The number of ether oxygens (including phenoxy) is 2. The van der Waals surface area contributed by atoms with Crippen molar-refractivity contribution in [3.05, 3.63) is 63.7 Å². The van der Waals surface area contributed by atoms with Crippen LogP contribution in [0.3, 0.4) is 0 Å². The molecule has 140 valence electrons. The predicted octanol–water partition coefficient (Wildman–Crippen LogP) is 3.13. The number of amides is 1. The summed E-state index contributed by atoms with van der Waals surface area (Å²) in [5.41, 5.74) is 5.85. The lowest BCUT2D eigenvalue weighted by Crippen LogP contribution is -2.37. The summed E-state index contributed by atoms with van der Waals surface area (Å²) in [5.74, 6) is -0.901. The normalized spacial score (nSPS) is 12.1. The molecule has 3 aromatic rings. The van der Waals surface area contributed by atoms with Crippen LogP contribution in [0.2, 0.25) is 5.02 Å². The monoisotopic (exact) mass is 391 g/mol. The zero-order valence-corrected chi connectivity index (χ0v) is 15.0. The third-order valence-corrected chi connectivity index (χ3v) is 4.16. The Kier molecular flexibility index (Phi) is 5.43. The topological polar surface area (TPSA) is 91.8 Å². The Bertz CT molecular complexity index is 1070. The van der Waals surface area contributed by atoms with Gasteiger partial charge in [0, 0.05) is 35.8 Å². The van der Waals surface area contributed by atoms with E-state index < -0.39 is 23.5 Å². The van der Waals surface area contributed by atoms with Gasteiger partial charge in [0.1, 0.15) is 17.1 Å². The molecule has 0 fully saturated rings. The molecule has 0 saturated carbocycles. The van der Waals surface area contributed by atoms with E-state index in [1.165, 1.54) is 31.4 Å². The van der Waals surface area contributed by atoms with E-state index in [-0.39, 0.29) is 23.0 Å². The lowest BCUT2D eigenvalue weighted by Gasteiger charge is -2.15. The average Bonchev–Trinajstić information content (AvgIpc) is 2.60. The first-order valence-electron chi connectivity index (χ1n) is 7.87. The van der Waals surface area contributed by atoms with Crippen LogP contribution in [0.5, 0.6) is 5.75 Å². The average molecular weight is 392 g/mol. The zero-order chi connectivity index (χ0) is 19.6. The lowest BCUT2D eigenvalue weighted by atomic mass is 10.0. The highest BCUT2D eigenvalue weighted by atomic mass is 35.5. The maximum Gasteiger partial charge on any atom is 0.336 e. The van der Waals surface area contributed by atoms with Crippen LogP contribution in [0, 0.1) is 5.82 Å². The standard InChI is InChI=1S/C19H15ClFNO5/c1-25-9-17(19(22)24)26-11-3-5-13-14(8-18(23)27-16(13)7-11)12-4-2-10(21)6-15(12)20/h2-8,17H,9H2,1H3,(H2,22,24). The molecule has 1 atom stereocenters. The minimum absolute atomic E-state index is 0.0253. The number of hydrogen-bond donors (Lipinski definition) is 1. The van der Waals surface area contributed by atoms with Crippen molar-refractivity contribution in [2.75, 3.05) is 13.7 Å². The molecular weight excluding hydrogens is 377 g/mol. The number of carbonyl (C=O) groups excluding carboxylic acids is 1. The first-order chi connectivity index (χ1) is 12.9. The number of primary amides is 1. The fraction of sp³-hybridized carbons (Fsp3) is 0.158. The smallest absolute Gasteiger partial charge is 0.336 e. The molecule has 1 amide bonds. The van der Waals surface area contributed by atoms with E-state index in [1.807, 2.05) is 0 Å². The van der Waals surface area contributed by atoms with E-state index in [2.05, 4.69) is 0 Å². The molecule has 27 heavy (non-hydrogen) atoms. The zero-order valence-electron chi connectivity index (χ0n) is 14.2. The maximum absolute atomic E-state index is 13.3. The SMILES string of the molecule is COCC(Oc1ccc2c(-c3ccc(F)cc3Cl)cc(=O)oc2c1)C(N)=O. The molecule has 0 aliphatic carbocycles. The Morgan fingerprint density at radius 1 is 1.22 bits per heavy atom. The van der Waals surface area contributed by atoms with Crippen LogP contribution < -0.4 is 16.1 Å². The number of methoxy groups -OCH3 is 1. The number of halogens is 2. The summed E-state index contributed by atoms with van der Waals surface area (Å²) in [6, 6.07) is 9.88. The highest BCUT2D eigenvalue weighted by molar-refractivity contribution is 6.33. The summed E-state index contributed by atoms with van der Waals surface area (Å²) in [7, 11) is 1.41. The van der Waals surface area contributed by atoms with Crippen LogP contribution in [0.25, 0.3) is 22.1 Å². The van der Waals surface area contributed by atoms with Crippen molar-refractivity contribution in [1.29, 1.82) is 0 Å². The van der Waals surface area contributed by atoms with Gasteiger partial charge in [-0.1, -0.05) is 11.6 Å². The van der Waals surface area contributed by atoms with Crippen LogP contribution in [0.4, 0.5) is 4.39 Å². The summed E-state index contributed by atoms with van der Waals surface area (Å²) in [5, 5.41) is 0.730. The molecule has 1 unspecified atom stereocenters. The van der Waals surface area contributed by atoms with E-state index in [1.54, 1.807) is 12.1 Å². The highest BCUT2D eigenvalue weighted by Crippen LogP contribution is 2.34. The van der Waals surface area contributed by atoms with Crippen LogP contribution in [0.1, 0.15) is 0 Å². The van der Waals surface area contributed by atoms with Crippen molar-refractivity contribution in [1.82, 2.24) is 0 Å². The summed E-state index contributed by atoms with van der Waals surface area (Å²) in [6.45, 7) is -0.0253. The third-order valence-electron chi connectivity index (χ3n) is 3.85. The largest absolute Gasteiger partial charge is 0.478 e. The van der Waals surface area contributed by atoms with Crippen molar-refractivity contribution in [3.8, 4) is 16.9 Å². The maximum atomic E-state index is 13.3. The van der Waals surface area contributed by atoms with Gasteiger partial charge in [0.2, 0.25) is 0 Å². The Morgan fingerprint density at radius 2 is 2.00 bits per heavy atom. The van der Waals surface area contributed by atoms with Gasteiger partial charge in [-0.25, -0.2) is 9.18 Å². The number of benzene rings is 2. The molecule has 0 aliphatic rings. The number of nitrogens with two attached hydrogens (primary N) is 1. The molecule has 2 aromatic carbocycles. The number of fused-ring (bicyclic) bond motifs is 1. The Hall–Kier alpha value is -2.90. The van der Waals surface area contributed by atoms with Gasteiger partial charge in [0.25, 0.3) is 5.91 Å². The molecule has 1 aromatic heterocycles. The van der Waals surface area contributed by atoms with E-state index in [0.29, 0.717) is 16.5 Å². The predicted molar refractivity (Wildman–Crippen MR) is 98.4 cm³/mol. The van der Waals surface area contributed by atoms with Gasteiger partial charge in [0.15, 0.2) is 6.10 Å². The third kappa shape index (κ3) is 4.10. The van der Waals surface area contributed by atoms with Gasteiger partial charge in [0.05, 0.1) is 11.6 Å². The van der Waals surface area contributed by atoms with Crippen molar-refractivity contribution in [3.63, 3.8) is 0 Å². The number of rotatable bonds is 6. The highest BCUT2D eigenvalue weighted by Gasteiger charge is 2.18. The van der Waals surface area contributed by atoms with Gasteiger partial charge < -0.3 is 19.6 Å². The summed E-state index contributed by atoms with van der Waals surface area (Å²) in [4.78, 5) is 23.4. The molecule has 0 saturated heterocycles. The van der Waals surface area contributed by atoms with Crippen LogP contribution >= 0.6 is 11.6 Å². The fourth-order valence-corrected chi connectivity index (χ4v) is 2.91. The van der Waals surface area contributed by atoms with Crippen LogP contribution in [-0.2, 0) is 9.53 Å². The minimum Gasteiger partial charge on any atom is -0.478 e. The van der Waals surface area contributed by atoms with Gasteiger partial charge >= 0.3 is 5.63 Å². The molecular formula is C19H15ClFNO5. The van der Waals surface area contributed by atoms with Crippen LogP contribution in [-0.4, -0.2) is 25.7 Å².